The van der Waals surface area contributed by atoms with Gasteiger partial charge in [0.1, 0.15) is 4.88 Å². The van der Waals surface area contributed by atoms with Crippen LogP contribution in [0.5, 0.6) is 0 Å². The summed E-state index contributed by atoms with van der Waals surface area (Å²) in [5.74, 6) is -0.363. The highest BCUT2D eigenvalue weighted by Crippen LogP contribution is 2.28. The van der Waals surface area contributed by atoms with Crippen molar-refractivity contribution in [2.24, 2.45) is 5.10 Å². The van der Waals surface area contributed by atoms with Crippen molar-refractivity contribution in [3.8, 4) is 0 Å². The van der Waals surface area contributed by atoms with Crippen LogP contribution < -0.4 is 5.43 Å². The van der Waals surface area contributed by atoms with E-state index in [0.717, 1.165) is 20.5 Å². The number of halogens is 1. The van der Waals surface area contributed by atoms with Crippen molar-refractivity contribution in [3.05, 3.63) is 37.2 Å². The summed E-state index contributed by atoms with van der Waals surface area (Å²) < 4.78 is 5.47. The van der Waals surface area contributed by atoms with Crippen molar-refractivity contribution in [3.63, 3.8) is 0 Å². The fourth-order valence-electron chi connectivity index (χ4n) is 1.53. The number of nitrogens with one attached hydrogen (secondary N) is 1. The first kappa shape index (κ1) is 15.0. The maximum Gasteiger partial charge on any atom is 0.350 e. The first-order chi connectivity index (χ1) is 9.52. The van der Waals surface area contributed by atoms with Crippen LogP contribution in [0.15, 0.2) is 22.6 Å². The predicted molar refractivity (Wildman–Crippen MR) is 85.6 cm³/mol. The van der Waals surface area contributed by atoms with Gasteiger partial charge in [0.05, 0.1) is 27.7 Å². The molecule has 1 N–H and O–H groups in total. The Morgan fingerprint density at radius 1 is 1.45 bits per heavy atom. The number of carbonyl (C=O) groups is 1. The summed E-state index contributed by atoms with van der Waals surface area (Å²) in [5, 5.41) is 6.20. The van der Waals surface area contributed by atoms with Crippen molar-refractivity contribution < 1.29 is 9.53 Å². The number of carbonyl (C=O) groups excluding carboxylic acids is 1. The minimum Gasteiger partial charge on any atom is -0.465 e. The van der Waals surface area contributed by atoms with Gasteiger partial charge in [0, 0.05) is 0 Å². The maximum absolute atomic E-state index is 11.6. The molecule has 0 bridgehead atoms. The largest absolute Gasteiger partial charge is 0.465 e. The number of rotatable bonds is 4. The van der Waals surface area contributed by atoms with Crippen LogP contribution in [0.3, 0.4) is 0 Å². The summed E-state index contributed by atoms with van der Waals surface area (Å²) >= 11 is 8.69. The molecule has 106 valence electrons. The van der Waals surface area contributed by atoms with E-state index in [0.29, 0.717) is 10.6 Å². The Bertz CT molecular complexity index is 661. The summed E-state index contributed by atoms with van der Waals surface area (Å²) in [6.45, 7) is 3.80. The van der Waals surface area contributed by atoms with Gasteiger partial charge in [-0.1, -0.05) is 11.6 Å². The van der Waals surface area contributed by atoms with Gasteiger partial charge in [-0.3, -0.25) is 5.43 Å². The molecule has 0 aliphatic heterocycles. The lowest BCUT2D eigenvalue weighted by atomic mass is 10.3. The zero-order valence-corrected chi connectivity index (χ0v) is 13.6. The lowest BCUT2D eigenvalue weighted by molar-refractivity contribution is 0.0607. The lowest BCUT2D eigenvalue weighted by Crippen LogP contribution is -2.04. The molecule has 0 aromatic carbocycles. The third kappa shape index (κ3) is 3.20. The average Bonchev–Trinajstić information content (AvgIpc) is 3.02. The minimum atomic E-state index is -0.363. The van der Waals surface area contributed by atoms with Gasteiger partial charge in [-0.05, 0) is 36.9 Å². The third-order valence-corrected chi connectivity index (χ3v) is 5.03. The molecule has 0 atom stereocenters. The van der Waals surface area contributed by atoms with Crippen LogP contribution in [0.25, 0.3) is 0 Å². The van der Waals surface area contributed by atoms with Gasteiger partial charge in [-0.25, -0.2) is 4.79 Å². The second kappa shape index (κ2) is 6.39. The Morgan fingerprint density at radius 3 is 2.80 bits per heavy atom. The van der Waals surface area contributed by atoms with E-state index < -0.39 is 0 Å². The highest BCUT2D eigenvalue weighted by atomic mass is 35.5. The average molecular weight is 329 g/mol. The van der Waals surface area contributed by atoms with Gasteiger partial charge in [-0.15, -0.1) is 22.7 Å². The monoisotopic (exact) mass is 328 g/mol. The van der Waals surface area contributed by atoms with Gasteiger partial charge in [-0.2, -0.15) is 5.10 Å². The molecule has 2 aromatic heterocycles. The third-order valence-electron chi connectivity index (χ3n) is 2.61. The molecule has 0 saturated carbocycles. The van der Waals surface area contributed by atoms with Gasteiger partial charge < -0.3 is 4.74 Å². The smallest absolute Gasteiger partial charge is 0.350 e. The van der Waals surface area contributed by atoms with Crippen LogP contribution in [-0.2, 0) is 4.74 Å². The van der Waals surface area contributed by atoms with Crippen LogP contribution in [0.4, 0.5) is 5.69 Å². The van der Waals surface area contributed by atoms with Crippen molar-refractivity contribution in [2.75, 3.05) is 12.5 Å². The number of ether oxygens (including phenoxy) is 1. The Labute approximate surface area is 130 Å². The second-order valence-electron chi connectivity index (χ2n) is 4.03. The number of hydrogen-bond donors (Lipinski definition) is 1. The molecule has 20 heavy (non-hydrogen) atoms. The number of methoxy groups -OCH3 is 1. The molecule has 0 saturated heterocycles. The fraction of sp³-hybridized carbons (Fsp3) is 0.231. The van der Waals surface area contributed by atoms with E-state index in [1.165, 1.54) is 29.8 Å². The van der Waals surface area contributed by atoms with E-state index >= 15 is 0 Å². The highest BCUT2D eigenvalue weighted by Gasteiger charge is 2.16. The lowest BCUT2D eigenvalue weighted by Gasteiger charge is -2.04. The zero-order chi connectivity index (χ0) is 14.7. The van der Waals surface area contributed by atoms with E-state index in [2.05, 4.69) is 10.5 Å². The van der Waals surface area contributed by atoms with E-state index in [4.69, 9.17) is 16.3 Å². The van der Waals surface area contributed by atoms with E-state index in [9.17, 15) is 4.79 Å². The number of hydrazone groups is 1. The van der Waals surface area contributed by atoms with E-state index in [-0.39, 0.29) is 5.97 Å². The maximum atomic E-state index is 11.6. The predicted octanol–water partition coefficient (Wildman–Crippen LogP) is 4.39. The summed E-state index contributed by atoms with van der Waals surface area (Å²) in [6, 6.07) is 3.74. The molecule has 7 heteroatoms. The normalized spacial score (nSPS) is 11.5. The van der Waals surface area contributed by atoms with Crippen molar-refractivity contribution >= 4 is 51.6 Å². The number of hydrogen-bond acceptors (Lipinski definition) is 6. The van der Waals surface area contributed by atoms with Crippen LogP contribution in [-0.4, -0.2) is 18.8 Å². The Morgan fingerprint density at radius 2 is 2.20 bits per heavy atom. The number of anilines is 1. The molecular weight excluding hydrogens is 316 g/mol. The zero-order valence-electron chi connectivity index (χ0n) is 11.2. The van der Waals surface area contributed by atoms with Gasteiger partial charge in [0.2, 0.25) is 0 Å². The van der Waals surface area contributed by atoms with Crippen LogP contribution >= 0.6 is 34.3 Å². The molecule has 0 aliphatic carbocycles. The molecule has 0 spiro atoms. The van der Waals surface area contributed by atoms with Crippen LogP contribution in [0, 0.1) is 6.92 Å². The molecule has 4 nitrogen and oxygen atoms in total. The van der Waals surface area contributed by atoms with E-state index in [1.807, 2.05) is 31.4 Å². The molecule has 0 amide bonds. The summed E-state index contributed by atoms with van der Waals surface area (Å²) in [7, 11) is 1.36. The number of nitrogens with zero attached hydrogens (tertiary/aromatic N) is 1. The molecule has 2 rings (SSSR count). The Balaban J connectivity index is 2.22. The summed E-state index contributed by atoms with van der Waals surface area (Å²) in [4.78, 5) is 13.2. The molecule has 0 aliphatic rings. The molecule has 0 unspecified atom stereocenters. The van der Waals surface area contributed by atoms with Crippen LogP contribution in [0.1, 0.15) is 27.0 Å². The number of thiophene rings is 2. The summed E-state index contributed by atoms with van der Waals surface area (Å²) in [5.41, 5.74) is 5.39. The van der Waals surface area contributed by atoms with Gasteiger partial charge >= 0.3 is 5.97 Å². The second-order valence-corrected chi connectivity index (χ2v) is 6.62. The summed E-state index contributed by atoms with van der Waals surface area (Å²) in [6.07, 6.45) is 0. The minimum absolute atomic E-state index is 0.363. The van der Waals surface area contributed by atoms with Gasteiger partial charge in [0.25, 0.3) is 0 Å². The Hall–Kier alpha value is -1.37. The molecular formula is C13H13ClN2O2S2. The number of esters is 1. The quantitative estimate of drug-likeness (QED) is 0.514. The molecule has 0 fully saturated rings. The number of aryl methyl sites for hydroxylation is 1. The molecule has 2 aromatic rings. The Kier molecular flexibility index (Phi) is 4.80. The van der Waals surface area contributed by atoms with Crippen LogP contribution in [0.2, 0.25) is 4.34 Å². The highest BCUT2D eigenvalue weighted by molar-refractivity contribution is 7.18. The first-order valence-corrected chi connectivity index (χ1v) is 7.82. The van der Waals surface area contributed by atoms with Crippen molar-refractivity contribution in [2.45, 2.75) is 13.8 Å². The standard InChI is InChI=1S/C13H13ClN2O2S2/c1-7-6-19-12(13(17)18-3)11(7)16-15-8(2)9-4-5-10(14)20-9/h4-6,16H,1-3H3/b15-8-. The van der Waals surface area contributed by atoms with Gasteiger partial charge in [0.15, 0.2) is 0 Å². The van der Waals surface area contributed by atoms with Crippen molar-refractivity contribution in [1.29, 1.82) is 0 Å². The molecule has 2 heterocycles. The fourth-order valence-corrected chi connectivity index (χ4v) is 3.43. The topological polar surface area (TPSA) is 50.7 Å². The van der Waals surface area contributed by atoms with Crippen molar-refractivity contribution in [1.82, 2.24) is 0 Å². The van der Waals surface area contributed by atoms with E-state index in [1.54, 1.807) is 0 Å². The SMILES string of the molecule is COC(=O)c1scc(C)c1N/N=C(/C)c1ccc(Cl)s1. The first-order valence-electron chi connectivity index (χ1n) is 5.75. The molecule has 0 radical (unpaired) electrons.